The first kappa shape index (κ1) is 41.3. The minimum absolute atomic E-state index is 0.0218. The van der Waals surface area contributed by atoms with Gasteiger partial charge in [-0.25, -0.2) is 9.59 Å². The Morgan fingerprint density at radius 3 is 2.66 bits per heavy atom. The van der Waals surface area contributed by atoms with Gasteiger partial charge in [0, 0.05) is 31.3 Å². The lowest BCUT2D eigenvalue weighted by Crippen LogP contribution is -2.55. The number of aliphatic hydroxyl groups is 3. The van der Waals surface area contributed by atoms with E-state index in [-0.39, 0.29) is 43.9 Å². The van der Waals surface area contributed by atoms with Gasteiger partial charge in [-0.15, -0.1) is 0 Å². The standard InChI is InChI=1S/C41H60O9/c1-28(2)21-22-30(4)26-47-40(46)34(43)18-13-14-19-37-41(6,27-42)38-25-33(49-37)17-10-7-9-15-29(3)23-36-31(5)35(44)24-32(48-36)16-11-8-12-20-39(45)50-38/h8-15,17,20,23,28,31-38,42-44H,4,7,16,18-19,21-22,24-27H2,1-3,5-6H3/b11-8+,14-13-,15-9+,17-10?,20-12+,29-23-/t31-,32+,33-,34-,35+,36-,37+,38-,41+/m1/s1. The highest BCUT2D eigenvalue weighted by Gasteiger charge is 2.49. The zero-order chi connectivity index (χ0) is 36.7. The van der Waals surface area contributed by atoms with E-state index in [1.807, 2.05) is 57.2 Å². The number of hydrogen-bond acceptors (Lipinski definition) is 9. The monoisotopic (exact) mass is 696 g/mol. The van der Waals surface area contributed by atoms with Gasteiger partial charge in [0.25, 0.3) is 0 Å². The van der Waals surface area contributed by atoms with Gasteiger partial charge in [0.05, 0.1) is 42.5 Å². The summed E-state index contributed by atoms with van der Waals surface area (Å²) in [5.74, 6) is -0.720. The third kappa shape index (κ3) is 13.2. The lowest BCUT2D eigenvalue weighted by molar-refractivity contribution is -0.198. The van der Waals surface area contributed by atoms with Crippen LogP contribution < -0.4 is 0 Å². The lowest BCUT2D eigenvalue weighted by atomic mass is 9.73. The number of rotatable bonds is 11. The van der Waals surface area contributed by atoms with Crippen LogP contribution in [-0.4, -0.2) is 83.2 Å². The summed E-state index contributed by atoms with van der Waals surface area (Å²) in [4.78, 5) is 25.3. The zero-order valence-electron chi connectivity index (χ0n) is 30.6. The third-order valence-corrected chi connectivity index (χ3v) is 9.79. The summed E-state index contributed by atoms with van der Waals surface area (Å²) in [5, 5.41) is 31.6. The van der Waals surface area contributed by atoms with Gasteiger partial charge in [-0.2, -0.15) is 0 Å². The van der Waals surface area contributed by atoms with Gasteiger partial charge in [-0.3, -0.25) is 0 Å². The highest BCUT2D eigenvalue weighted by atomic mass is 16.6. The van der Waals surface area contributed by atoms with Crippen molar-refractivity contribution < 1.29 is 43.9 Å². The number of hydrogen-bond donors (Lipinski definition) is 3. The molecule has 9 heteroatoms. The second-order valence-electron chi connectivity index (χ2n) is 14.6. The Labute approximate surface area is 299 Å². The molecule has 0 aromatic rings. The van der Waals surface area contributed by atoms with Crippen molar-refractivity contribution in [1.29, 1.82) is 0 Å². The number of fused-ring (bicyclic) bond motifs is 4. The Morgan fingerprint density at radius 1 is 1.14 bits per heavy atom. The Hall–Kier alpha value is -3.08. The van der Waals surface area contributed by atoms with Crippen LogP contribution in [0.2, 0.25) is 0 Å². The number of allylic oxidation sites excluding steroid dienone is 6. The molecule has 2 fully saturated rings. The molecule has 9 atom stereocenters. The first-order valence-electron chi connectivity index (χ1n) is 18.1. The summed E-state index contributed by atoms with van der Waals surface area (Å²) in [6.07, 6.45) is 21.0. The summed E-state index contributed by atoms with van der Waals surface area (Å²) < 4.78 is 23.9. The first-order valence-corrected chi connectivity index (χ1v) is 18.1. The molecule has 3 heterocycles. The van der Waals surface area contributed by atoms with Crippen molar-refractivity contribution in [3.63, 3.8) is 0 Å². The molecule has 0 radical (unpaired) electrons. The highest BCUT2D eigenvalue weighted by molar-refractivity contribution is 5.82. The molecule has 3 N–H and O–H groups in total. The van der Waals surface area contributed by atoms with E-state index in [9.17, 15) is 24.9 Å². The van der Waals surface area contributed by atoms with Crippen LogP contribution in [0.3, 0.4) is 0 Å². The van der Waals surface area contributed by atoms with E-state index in [1.165, 1.54) is 6.08 Å². The summed E-state index contributed by atoms with van der Waals surface area (Å²) in [7, 11) is 0. The minimum Gasteiger partial charge on any atom is -0.459 e. The Morgan fingerprint density at radius 2 is 1.92 bits per heavy atom. The molecule has 50 heavy (non-hydrogen) atoms. The molecule has 278 valence electrons. The van der Waals surface area contributed by atoms with Crippen molar-refractivity contribution in [2.24, 2.45) is 17.3 Å². The molecule has 0 saturated carbocycles. The third-order valence-electron chi connectivity index (χ3n) is 9.79. The largest absolute Gasteiger partial charge is 0.459 e. The van der Waals surface area contributed by atoms with Crippen molar-refractivity contribution in [3.05, 3.63) is 84.6 Å². The second-order valence-corrected chi connectivity index (χ2v) is 14.6. The maximum atomic E-state index is 13.0. The molecule has 3 rings (SSSR count). The van der Waals surface area contributed by atoms with Gasteiger partial charge in [0.15, 0.2) is 6.10 Å². The van der Waals surface area contributed by atoms with Crippen LogP contribution in [0.5, 0.6) is 0 Å². The predicted molar refractivity (Wildman–Crippen MR) is 195 cm³/mol. The van der Waals surface area contributed by atoms with E-state index in [0.717, 1.165) is 24.0 Å². The van der Waals surface area contributed by atoms with Gasteiger partial charge in [0.2, 0.25) is 0 Å². The normalized spacial score (nSPS) is 34.6. The van der Waals surface area contributed by atoms with Crippen molar-refractivity contribution in [3.8, 4) is 0 Å². The van der Waals surface area contributed by atoms with Crippen LogP contribution in [0.4, 0.5) is 0 Å². The fourth-order valence-electron chi connectivity index (χ4n) is 6.27. The zero-order valence-corrected chi connectivity index (χ0v) is 30.6. The van der Waals surface area contributed by atoms with Gasteiger partial charge in [-0.05, 0) is 50.5 Å². The van der Waals surface area contributed by atoms with E-state index >= 15 is 0 Å². The maximum Gasteiger partial charge on any atom is 0.335 e. The van der Waals surface area contributed by atoms with E-state index in [1.54, 1.807) is 18.2 Å². The fraction of sp³-hybridized carbons (Fsp3) is 0.610. The molecule has 0 aliphatic carbocycles. The molecule has 2 saturated heterocycles. The number of aliphatic hydroxyl groups excluding tert-OH is 3. The highest BCUT2D eigenvalue weighted by Crippen LogP contribution is 2.41. The van der Waals surface area contributed by atoms with E-state index in [4.69, 9.17) is 18.9 Å². The van der Waals surface area contributed by atoms with E-state index in [2.05, 4.69) is 26.5 Å². The van der Waals surface area contributed by atoms with Crippen LogP contribution in [0.1, 0.15) is 86.0 Å². The molecular weight excluding hydrogens is 636 g/mol. The van der Waals surface area contributed by atoms with Crippen molar-refractivity contribution >= 4 is 11.9 Å². The van der Waals surface area contributed by atoms with Gasteiger partial charge < -0.3 is 34.3 Å². The molecule has 0 amide bonds. The van der Waals surface area contributed by atoms with Crippen LogP contribution in [0.25, 0.3) is 0 Å². The molecule has 0 spiro atoms. The Kier molecular flexibility index (Phi) is 17.1. The van der Waals surface area contributed by atoms with Crippen LogP contribution in [0.15, 0.2) is 84.6 Å². The van der Waals surface area contributed by atoms with E-state index in [0.29, 0.717) is 38.0 Å². The quantitative estimate of drug-likeness (QED) is 0.166. The van der Waals surface area contributed by atoms with Gasteiger partial charge >= 0.3 is 11.9 Å². The molecule has 9 nitrogen and oxygen atoms in total. The van der Waals surface area contributed by atoms with Gasteiger partial charge in [-0.1, -0.05) is 101 Å². The molecule has 0 aromatic heterocycles. The molecule has 3 aliphatic heterocycles. The van der Waals surface area contributed by atoms with Crippen LogP contribution >= 0.6 is 0 Å². The predicted octanol–water partition coefficient (Wildman–Crippen LogP) is 6.41. The first-order chi connectivity index (χ1) is 23.8. The summed E-state index contributed by atoms with van der Waals surface area (Å²) in [6, 6.07) is 0. The van der Waals surface area contributed by atoms with Crippen LogP contribution in [-0.2, 0) is 28.5 Å². The smallest absolute Gasteiger partial charge is 0.335 e. The Balaban J connectivity index is 1.71. The lowest BCUT2D eigenvalue weighted by Gasteiger charge is -2.47. The fourth-order valence-corrected chi connectivity index (χ4v) is 6.27. The molecular formula is C41H60O9. The summed E-state index contributed by atoms with van der Waals surface area (Å²) in [6.45, 7) is 13.9. The molecule has 0 unspecified atom stereocenters. The SMILES string of the molecule is C=C(CCC(C)C)COC(=O)[C@H](O)C/C=C\C[C@@H]1O[C@@H]2C=CC/C=C/C(C)=C\[C@H]3O[C@@H](C/C=C/C=C/C(=O)O[C@H](C2)[C@@]1(C)CO)C[C@H](O)[C@H]3C. The number of ether oxygens (including phenoxy) is 4. The van der Waals surface area contributed by atoms with Crippen molar-refractivity contribution in [2.75, 3.05) is 13.2 Å². The Bertz CT molecular complexity index is 1290. The number of esters is 2. The average molecular weight is 697 g/mol. The molecule has 4 bridgehead atoms. The number of carbonyl (C=O) groups is 2. The second kappa shape index (κ2) is 20.7. The van der Waals surface area contributed by atoms with Crippen LogP contribution in [0, 0.1) is 17.3 Å². The molecule has 0 aromatic carbocycles. The summed E-state index contributed by atoms with van der Waals surface area (Å²) in [5.41, 5.74) is 0.954. The number of carbonyl (C=O) groups excluding carboxylic acids is 2. The van der Waals surface area contributed by atoms with Crippen molar-refractivity contribution in [1.82, 2.24) is 0 Å². The summed E-state index contributed by atoms with van der Waals surface area (Å²) >= 11 is 0. The van der Waals surface area contributed by atoms with Crippen molar-refractivity contribution in [2.45, 2.75) is 129 Å². The van der Waals surface area contributed by atoms with Gasteiger partial charge in [0.1, 0.15) is 12.7 Å². The van der Waals surface area contributed by atoms with E-state index < -0.39 is 41.8 Å². The minimum atomic E-state index is -1.31. The topological polar surface area (TPSA) is 132 Å². The maximum absolute atomic E-state index is 13.0. The molecule has 3 aliphatic rings. The average Bonchev–Trinajstić information content (AvgIpc) is 3.07.